The van der Waals surface area contributed by atoms with Crippen LogP contribution in [0.15, 0.2) is 36.4 Å². The van der Waals surface area contributed by atoms with Crippen LogP contribution in [-0.4, -0.2) is 18.7 Å². The van der Waals surface area contributed by atoms with Crippen LogP contribution < -0.4 is 20.1 Å². The van der Waals surface area contributed by atoms with Crippen LogP contribution in [0.4, 0.5) is 4.39 Å². The number of benzene rings is 2. The lowest BCUT2D eigenvalue weighted by atomic mass is 9.91. The molecule has 2 N–H and O–H groups in total. The molecular formula is C20H21FN2O3. The molecule has 4 rings (SSSR count). The number of halogens is 1. The van der Waals surface area contributed by atoms with Gasteiger partial charge in [0.2, 0.25) is 12.7 Å². The first-order chi connectivity index (χ1) is 12.6. The second kappa shape index (κ2) is 6.96. The second-order valence-electron chi connectivity index (χ2n) is 6.76. The van der Waals surface area contributed by atoms with Crippen LogP contribution in [0.2, 0.25) is 0 Å². The Morgan fingerprint density at radius 1 is 1.23 bits per heavy atom. The summed E-state index contributed by atoms with van der Waals surface area (Å²) in [7, 11) is 0. The van der Waals surface area contributed by atoms with Crippen molar-refractivity contribution in [1.82, 2.24) is 10.6 Å². The van der Waals surface area contributed by atoms with Gasteiger partial charge in [-0.25, -0.2) is 4.39 Å². The predicted molar refractivity (Wildman–Crippen MR) is 94.4 cm³/mol. The van der Waals surface area contributed by atoms with E-state index in [4.69, 9.17) is 9.47 Å². The van der Waals surface area contributed by atoms with Crippen molar-refractivity contribution in [2.45, 2.75) is 38.4 Å². The maximum Gasteiger partial charge on any atom is 0.231 e. The van der Waals surface area contributed by atoms with Gasteiger partial charge in [-0.2, -0.15) is 0 Å². The maximum atomic E-state index is 13.6. The van der Waals surface area contributed by atoms with E-state index >= 15 is 0 Å². The fourth-order valence-electron chi connectivity index (χ4n) is 3.55. The molecule has 26 heavy (non-hydrogen) atoms. The summed E-state index contributed by atoms with van der Waals surface area (Å²) in [6, 6.07) is 10.2. The van der Waals surface area contributed by atoms with E-state index in [0.717, 1.165) is 28.2 Å². The maximum absolute atomic E-state index is 13.6. The highest BCUT2D eigenvalue weighted by molar-refractivity contribution is 5.77. The number of amides is 1. The van der Waals surface area contributed by atoms with Gasteiger partial charge in [-0.05, 0) is 54.3 Å². The number of ether oxygens (including phenoxy) is 2. The summed E-state index contributed by atoms with van der Waals surface area (Å²) in [6.45, 7) is 2.92. The lowest BCUT2D eigenvalue weighted by Crippen LogP contribution is -2.48. The van der Waals surface area contributed by atoms with Crippen molar-refractivity contribution in [2.75, 3.05) is 6.79 Å². The van der Waals surface area contributed by atoms with Crippen LogP contribution in [0.3, 0.4) is 0 Å². The minimum atomic E-state index is -0.298. The second-order valence-corrected chi connectivity index (χ2v) is 6.76. The molecule has 6 heteroatoms. The van der Waals surface area contributed by atoms with Gasteiger partial charge in [0, 0.05) is 19.0 Å². The van der Waals surface area contributed by atoms with Gasteiger partial charge in [0.05, 0.1) is 6.04 Å². The molecule has 2 aliphatic rings. The van der Waals surface area contributed by atoms with Gasteiger partial charge in [-0.1, -0.05) is 12.1 Å². The van der Waals surface area contributed by atoms with Gasteiger partial charge < -0.3 is 20.1 Å². The zero-order valence-electron chi connectivity index (χ0n) is 14.5. The molecule has 5 nitrogen and oxygen atoms in total. The lowest BCUT2D eigenvalue weighted by Gasteiger charge is -2.33. The standard InChI is InChI=1S/C20H21FN2O3/c1-12-7-17-18(26-11-25-17)9-14(12)10-22-16-5-6-19(24)23-20(16)13-3-2-4-15(21)8-13/h2-4,7-9,16,20,22H,5-6,10-11H2,1H3,(H,23,24)/t16-,20+/m1/s1. The van der Waals surface area contributed by atoms with E-state index in [0.29, 0.717) is 19.4 Å². The normalized spacial score (nSPS) is 21.5. The number of aryl methyl sites for hydroxylation is 1. The molecule has 1 saturated heterocycles. The Kier molecular flexibility index (Phi) is 4.51. The Hall–Kier alpha value is -2.60. The van der Waals surface area contributed by atoms with Crippen LogP contribution in [0, 0.1) is 12.7 Å². The van der Waals surface area contributed by atoms with Gasteiger partial charge in [0.25, 0.3) is 0 Å². The number of carbonyl (C=O) groups is 1. The largest absolute Gasteiger partial charge is 0.454 e. The third-order valence-corrected chi connectivity index (χ3v) is 4.99. The molecule has 0 radical (unpaired) electrons. The monoisotopic (exact) mass is 356 g/mol. The molecule has 2 aliphatic heterocycles. The fraction of sp³-hybridized carbons (Fsp3) is 0.350. The molecule has 1 fully saturated rings. The third kappa shape index (κ3) is 3.37. The summed E-state index contributed by atoms with van der Waals surface area (Å²) in [5.41, 5.74) is 3.01. The first kappa shape index (κ1) is 16.8. The molecule has 0 aliphatic carbocycles. The van der Waals surface area contributed by atoms with Crippen molar-refractivity contribution in [2.24, 2.45) is 0 Å². The smallest absolute Gasteiger partial charge is 0.231 e. The van der Waals surface area contributed by atoms with Crippen LogP contribution in [0.25, 0.3) is 0 Å². The van der Waals surface area contributed by atoms with E-state index in [1.807, 2.05) is 25.1 Å². The Morgan fingerprint density at radius 3 is 2.85 bits per heavy atom. The molecule has 0 bridgehead atoms. The van der Waals surface area contributed by atoms with Gasteiger partial charge in [-0.3, -0.25) is 4.79 Å². The van der Waals surface area contributed by atoms with Gasteiger partial charge in [0.1, 0.15) is 5.82 Å². The molecule has 2 heterocycles. The first-order valence-corrected chi connectivity index (χ1v) is 8.77. The van der Waals surface area contributed by atoms with E-state index in [2.05, 4.69) is 10.6 Å². The fourth-order valence-corrected chi connectivity index (χ4v) is 3.55. The van der Waals surface area contributed by atoms with Gasteiger partial charge >= 0.3 is 0 Å². The van der Waals surface area contributed by atoms with Crippen molar-refractivity contribution in [1.29, 1.82) is 0 Å². The zero-order chi connectivity index (χ0) is 18.1. The predicted octanol–water partition coefficient (Wildman–Crippen LogP) is 2.97. The number of rotatable bonds is 4. The molecule has 0 aromatic heterocycles. The topological polar surface area (TPSA) is 59.6 Å². The molecule has 2 aromatic carbocycles. The molecule has 0 saturated carbocycles. The van der Waals surface area contributed by atoms with E-state index < -0.39 is 0 Å². The van der Waals surface area contributed by atoms with Crippen molar-refractivity contribution in [3.8, 4) is 11.5 Å². The van der Waals surface area contributed by atoms with E-state index in [-0.39, 0.29) is 30.6 Å². The quantitative estimate of drug-likeness (QED) is 0.884. The SMILES string of the molecule is Cc1cc2c(cc1CN[C@@H]1CCC(=O)N[C@H]1c1cccc(F)c1)OCO2. The summed E-state index contributed by atoms with van der Waals surface area (Å²) < 4.78 is 24.5. The van der Waals surface area contributed by atoms with Crippen molar-refractivity contribution in [3.63, 3.8) is 0 Å². The van der Waals surface area contributed by atoms with Gasteiger partial charge in [-0.15, -0.1) is 0 Å². The van der Waals surface area contributed by atoms with Crippen LogP contribution in [0.1, 0.15) is 35.6 Å². The molecule has 2 atom stereocenters. The number of carbonyl (C=O) groups excluding carboxylic acids is 1. The third-order valence-electron chi connectivity index (χ3n) is 4.99. The highest BCUT2D eigenvalue weighted by Crippen LogP contribution is 2.35. The number of hydrogen-bond donors (Lipinski definition) is 2. The molecule has 0 unspecified atom stereocenters. The van der Waals surface area contributed by atoms with E-state index in [1.165, 1.54) is 12.1 Å². The zero-order valence-corrected chi connectivity index (χ0v) is 14.5. The summed E-state index contributed by atoms with van der Waals surface area (Å²) in [5.74, 6) is 1.23. The van der Waals surface area contributed by atoms with Crippen LogP contribution in [-0.2, 0) is 11.3 Å². The number of hydrogen-bond acceptors (Lipinski definition) is 4. The Morgan fingerprint density at radius 2 is 2.04 bits per heavy atom. The summed E-state index contributed by atoms with van der Waals surface area (Å²) in [4.78, 5) is 11.9. The minimum absolute atomic E-state index is 0.00317. The molecule has 2 aromatic rings. The molecular weight excluding hydrogens is 335 g/mol. The Labute approximate surface area is 151 Å². The minimum Gasteiger partial charge on any atom is -0.454 e. The van der Waals surface area contributed by atoms with Crippen LogP contribution >= 0.6 is 0 Å². The summed E-state index contributed by atoms with van der Waals surface area (Å²) in [6.07, 6.45) is 1.17. The van der Waals surface area contributed by atoms with E-state index in [9.17, 15) is 9.18 Å². The molecule has 0 spiro atoms. The number of nitrogens with one attached hydrogen (secondary N) is 2. The first-order valence-electron chi connectivity index (χ1n) is 8.77. The highest BCUT2D eigenvalue weighted by atomic mass is 19.1. The number of fused-ring (bicyclic) bond motifs is 1. The Balaban J connectivity index is 1.51. The summed E-state index contributed by atoms with van der Waals surface area (Å²) >= 11 is 0. The molecule has 1 amide bonds. The van der Waals surface area contributed by atoms with Crippen LogP contribution in [0.5, 0.6) is 11.5 Å². The average molecular weight is 356 g/mol. The van der Waals surface area contributed by atoms with E-state index in [1.54, 1.807) is 6.07 Å². The van der Waals surface area contributed by atoms with Crippen molar-refractivity contribution >= 4 is 5.91 Å². The van der Waals surface area contributed by atoms with Crippen molar-refractivity contribution < 1.29 is 18.7 Å². The Bertz CT molecular complexity index is 840. The average Bonchev–Trinajstić information content (AvgIpc) is 3.07. The lowest BCUT2D eigenvalue weighted by molar-refractivity contribution is -0.123. The highest BCUT2D eigenvalue weighted by Gasteiger charge is 2.30. The summed E-state index contributed by atoms with van der Waals surface area (Å²) in [5, 5.41) is 6.51. The molecule has 136 valence electrons. The number of piperidine rings is 1. The van der Waals surface area contributed by atoms with Gasteiger partial charge in [0.15, 0.2) is 11.5 Å². The van der Waals surface area contributed by atoms with Crippen molar-refractivity contribution in [3.05, 3.63) is 58.9 Å².